The Kier molecular flexibility index (Phi) is 4.99. The number of rotatable bonds is 1. The van der Waals surface area contributed by atoms with Gasteiger partial charge in [0, 0.05) is 17.7 Å². The van der Waals surface area contributed by atoms with Gasteiger partial charge in [-0.2, -0.15) is 5.26 Å². The second-order valence-corrected chi connectivity index (χ2v) is 2.31. The molecule has 4 nitrogen and oxygen atoms in total. The van der Waals surface area contributed by atoms with E-state index in [9.17, 15) is 0 Å². The zero-order valence-electron chi connectivity index (χ0n) is 7.01. The standard InChI is InChI=1S/C8H7N3O.HI/c1-11-4-2-7(3-5-11)8(6-9)10-12;/h2-5H,1H3;1H/p+1. The molecule has 0 saturated heterocycles. The SMILES string of the molecule is C[n+]1ccc(/C(C#N)=N/O)cc1.I. The molecule has 0 atom stereocenters. The molecular weight excluding hydrogens is 281 g/mol. The average Bonchev–Trinajstić information content (AvgIpc) is 2.10. The third-order valence-electron chi connectivity index (χ3n) is 1.46. The first-order valence-corrected chi connectivity index (χ1v) is 3.35. The van der Waals surface area contributed by atoms with Crippen LogP contribution in [-0.2, 0) is 7.05 Å². The molecule has 1 rings (SSSR count). The van der Waals surface area contributed by atoms with Crippen LogP contribution in [0, 0.1) is 11.3 Å². The van der Waals surface area contributed by atoms with Crippen LogP contribution < -0.4 is 4.57 Å². The van der Waals surface area contributed by atoms with E-state index >= 15 is 0 Å². The molecule has 0 aliphatic rings. The molecule has 0 amide bonds. The van der Waals surface area contributed by atoms with E-state index < -0.39 is 0 Å². The van der Waals surface area contributed by atoms with E-state index in [4.69, 9.17) is 10.5 Å². The molecule has 0 fully saturated rings. The van der Waals surface area contributed by atoms with Gasteiger partial charge in [0.25, 0.3) is 0 Å². The van der Waals surface area contributed by atoms with Crippen molar-refractivity contribution >= 4 is 29.7 Å². The highest BCUT2D eigenvalue weighted by Crippen LogP contribution is 1.96. The van der Waals surface area contributed by atoms with Gasteiger partial charge in [0.2, 0.25) is 0 Å². The summed E-state index contributed by atoms with van der Waals surface area (Å²) in [6.45, 7) is 0. The molecule has 1 aromatic heterocycles. The number of aryl methyl sites for hydroxylation is 1. The maximum Gasteiger partial charge on any atom is 0.187 e. The zero-order chi connectivity index (χ0) is 8.97. The maximum atomic E-state index is 8.50. The van der Waals surface area contributed by atoms with E-state index in [1.807, 2.05) is 11.6 Å². The van der Waals surface area contributed by atoms with E-state index in [-0.39, 0.29) is 29.7 Å². The van der Waals surface area contributed by atoms with E-state index in [2.05, 4.69) is 5.16 Å². The Labute approximate surface area is 93.1 Å². The fourth-order valence-corrected chi connectivity index (χ4v) is 0.803. The number of pyridine rings is 1. The molecule has 0 aliphatic heterocycles. The molecule has 0 aliphatic carbocycles. The lowest BCUT2D eigenvalue weighted by Crippen LogP contribution is -2.26. The van der Waals surface area contributed by atoms with Crippen LogP contribution in [0.5, 0.6) is 0 Å². The molecule has 1 aromatic rings. The van der Waals surface area contributed by atoms with Crippen LogP contribution in [-0.4, -0.2) is 10.9 Å². The number of hydrogen-bond acceptors (Lipinski definition) is 3. The molecule has 68 valence electrons. The summed E-state index contributed by atoms with van der Waals surface area (Å²) in [5.74, 6) is 0. The number of oxime groups is 1. The van der Waals surface area contributed by atoms with Gasteiger partial charge in [-0.05, 0) is 0 Å². The molecular formula is C8H9IN3O+. The third-order valence-corrected chi connectivity index (χ3v) is 1.46. The van der Waals surface area contributed by atoms with Crippen LogP contribution in [0.15, 0.2) is 29.7 Å². The third kappa shape index (κ3) is 2.99. The number of nitriles is 1. The van der Waals surface area contributed by atoms with Crippen molar-refractivity contribution in [2.45, 2.75) is 0 Å². The van der Waals surface area contributed by atoms with Crippen molar-refractivity contribution < 1.29 is 9.77 Å². The molecule has 0 aromatic carbocycles. The highest BCUT2D eigenvalue weighted by Gasteiger charge is 2.03. The number of halogens is 1. The van der Waals surface area contributed by atoms with Gasteiger partial charge in [-0.25, -0.2) is 4.57 Å². The second-order valence-electron chi connectivity index (χ2n) is 2.31. The monoisotopic (exact) mass is 290 g/mol. The lowest BCUT2D eigenvalue weighted by atomic mass is 10.2. The second kappa shape index (κ2) is 5.48. The van der Waals surface area contributed by atoms with Crippen molar-refractivity contribution in [1.82, 2.24) is 0 Å². The van der Waals surface area contributed by atoms with Crippen molar-refractivity contribution in [2.75, 3.05) is 0 Å². The Morgan fingerprint density at radius 2 is 2.08 bits per heavy atom. The predicted octanol–water partition coefficient (Wildman–Crippen LogP) is 0.831. The minimum absolute atomic E-state index is 0. The van der Waals surface area contributed by atoms with Crippen LogP contribution in [0.4, 0.5) is 0 Å². The molecule has 0 unspecified atom stereocenters. The summed E-state index contributed by atoms with van der Waals surface area (Å²) in [6, 6.07) is 5.19. The van der Waals surface area contributed by atoms with Crippen LogP contribution >= 0.6 is 24.0 Å². The maximum absolute atomic E-state index is 8.50. The zero-order valence-corrected chi connectivity index (χ0v) is 9.34. The highest BCUT2D eigenvalue weighted by molar-refractivity contribution is 14.0. The van der Waals surface area contributed by atoms with Gasteiger partial charge in [-0.1, -0.05) is 5.16 Å². The van der Waals surface area contributed by atoms with Crippen LogP contribution in [0.25, 0.3) is 0 Å². The Hall–Kier alpha value is -1.16. The Morgan fingerprint density at radius 1 is 1.54 bits per heavy atom. The van der Waals surface area contributed by atoms with Gasteiger partial charge < -0.3 is 5.21 Å². The Balaban J connectivity index is 0.00000144. The van der Waals surface area contributed by atoms with Crippen molar-refractivity contribution in [3.05, 3.63) is 30.1 Å². The molecule has 1 heterocycles. The van der Waals surface area contributed by atoms with Crippen molar-refractivity contribution in [3.8, 4) is 6.07 Å². The van der Waals surface area contributed by atoms with Crippen LogP contribution in [0.3, 0.4) is 0 Å². The van der Waals surface area contributed by atoms with E-state index in [1.165, 1.54) is 0 Å². The molecule has 1 N–H and O–H groups in total. The first-order chi connectivity index (χ1) is 5.77. The smallest absolute Gasteiger partial charge is 0.187 e. The summed E-state index contributed by atoms with van der Waals surface area (Å²) in [7, 11) is 1.87. The largest absolute Gasteiger partial charge is 0.410 e. The first-order valence-electron chi connectivity index (χ1n) is 3.35. The van der Waals surface area contributed by atoms with Crippen molar-refractivity contribution in [2.24, 2.45) is 12.2 Å². The molecule has 13 heavy (non-hydrogen) atoms. The van der Waals surface area contributed by atoms with Crippen LogP contribution in [0.2, 0.25) is 0 Å². The van der Waals surface area contributed by atoms with Gasteiger partial charge in [0.05, 0.1) is 0 Å². The van der Waals surface area contributed by atoms with Gasteiger partial charge >= 0.3 is 0 Å². The predicted molar refractivity (Wildman–Crippen MR) is 57.0 cm³/mol. The molecule has 0 saturated carbocycles. The lowest BCUT2D eigenvalue weighted by molar-refractivity contribution is -0.671. The highest BCUT2D eigenvalue weighted by atomic mass is 127. The number of hydrogen-bond donors (Lipinski definition) is 1. The van der Waals surface area contributed by atoms with E-state index in [1.54, 1.807) is 30.6 Å². The van der Waals surface area contributed by atoms with Gasteiger partial charge in [0.1, 0.15) is 13.1 Å². The minimum Gasteiger partial charge on any atom is -0.410 e. The van der Waals surface area contributed by atoms with Gasteiger partial charge in [-0.15, -0.1) is 24.0 Å². The molecule has 0 spiro atoms. The molecule has 0 bridgehead atoms. The molecule has 5 heteroatoms. The quantitative estimate of drug-likeness (QED) is 0.274. The molecule has 0 radical (unpaired) electrons. The summed E-state index contributed by atoms with van der Waals surface area (Å²) in [6.07, 6.45) is 3.55. The summed E-state index contributed by atoms with van der Waals surface area (Å²) < 4.78 is 1.83. The number of nitrogens with zero attached hydrogens (tertiary/aromatic N) is 3. The minimum atomic E-state index is 0. The topological polar surface area (TPSA) is 60.3 Å². The number of aromatic nitrogens is 1. The van der Waals surface area contributed by atoms with E-state index in [0.717, 1.165) is 0 Å². The van der Waals surface area contributed by atoms with E-state index in [0.29, 0.717) is 5.56 Å². The van der Waals surface area contributed by atoms with Crippen LogP contribution in [0.1, 0.15) is 5.56 Å². The average molecular weight is 290 g/mol. The summed E-state index contributed by atoms with van der Waals surface area (Å²) in [5, 5.41) is 19.8. The fourth-order valence-electron chi connectivity index (χ4n) is 0.803. The van der Waals surface area contributed by atoms with Crippen molar-refractivity contribution in [1.29, 1.82) is 5.26 Å². The Morgan fingerprint density at radius 3 is 2.46 bits per heavy atom. The van der Waals surface area contributed by atoms with Crippen molar-refractivity contribution in [3.63, 3.8) is 0 Å². The summed E-state index contributed by atoms with van der Waals surface area (Å²) in [4.78, 5) is 0. The summed E-state index contributed by atoms with van der Waals surface area (Å²) in [5.41, 5.74) is 0.633. The van der Waals surface area contributed by atoms with Gasteiger partial charge in [0.15, 0.2) is 18.1 Å². The Bertz CT molecular complexity index is 339. The van der Waals surface area contributed by atoms with Gasteiger partial charge in [-0.3, -0.25) is 0 Å². The lowest BCUT2D eigenvalue weighted by Gasteiger charge is -1.91. The normalized spacial score (nSPS) is 10.0. The fraction of sp³-hybridized carbons (Fsp3) is 0.125. The summed E-state index contributed by atoms with van der Waals surface area (Å²) >= 11 is 0. The first kappa shape index (κ1) is 11.8.